The highest BCUT2D eigenvalue weighted by molar-refractivity contribution is 6.33. The Morgan fingerprint density at radius 1 is 1.29 bits per heavy atom. The highest BCUT2D eigenvalue weighted by Crippen LogP contribution is 2.20. The van der Waals surface area contributed by atoms with Crippen LogP contribution in [0, 0.1) is 13.8 Å². The van der Waals surface area contributed by atoms with Gasteiger partial charge in [-0.2, -0.15) is 0 Å². The Labute approximate surface area is 128 Å². The smallest absolute Gasteiger partial charge is 0.259 e. The van der Waals surface area contributed by atoms with Crippen LogP contribution in [0.3, 0.4) is 0 Å². The predicted octanol–water partition coefficient (Wildman–Crippen LogP) is 3.14. The van der Waals surface area contributed by atoms with Gasteiger partial charge in [0.25, 0.3) is 5.91 Å². The molecule has 4 nitrogen and oxygen atoms in total. The largest absolute Gasteiger partial charge is 0.396 e. The molecule has 0 saturated heterocycles. The second-order valence-corrected chi connectivity index (χ2v) is 5.23. The first-order valence-corrected chi connectivity index (χ1v) is 7.04. The lowest BCUT2D eigenvalue weighted by Crippen LogP contribution is -2.15. The summed E-state index contributed by atoms with van der Waals surface area (Å²) in [7, 11) is 0. The van der Waals surface area contributed by atoms with Crippen LogP contribution < -0.4 is 5.32 Å². The summed E-state index contributed by atoms with van der Waals surface area (Å²) in [6.07, 6.45) is 0.598. The Morgan fingerprint density at radius 2 is 1.95 bits per heavy atom. The Bertz CT molecular complexity index is 631. The molecular formula is C16H17ClN2O2. The molecule has 0 aliphatic rings. The fraction of sp³-hybridized carbons (Fsp3) is 0.250. The van der Waals surface area contributed by atoms with Crippen molar-refractivity contribution in [2.45, 2.75) is 20.3 Å². The summed E-state index contributed by atoms with van der Waals surface area (Å²) in [5.41, 5.74) is 3.66. The van der Waals surface area contributed by atoms with Crippen molar-refractivity contribution in [3.05, 3.63) is 57.9 Å². The first kappa shape index (κ1) is 15.5. The zero-order chi connectivity index (χ0) is 15.4. The summed E-state index contributed by atoms with van der Waals surface area (Å²) in [4.78, 5) is 16.4. The summed E-state index contributed by atoms with van der Waals surface area (Å²) < 4.78 is 0. The molecule has 1 aromatic carbocycles. The molecule has 110 valence electrons. The molecule has 2 N–H and O–H groups in total. The van der Waals surface area contributed by atoms with Gasteiger partial charge < -0.3 is 10.4 Å². The number of aryl methyl sites for hydroxylation is 2. The van der Waals surface area contributed by atoms with Crippen molar-refractivity contribution in [1.29, 1.82) is 0 Å². The molecule has 0 fully saturated rings. The van der Waals surface area contributed by atoms with Crippen molar-refractivity contribution >= 4 is 23.2 Å². The number of halogens is 1. The van der Waals surface area contributed by atoms with Crippen molar-refractivity contribution in [1.82, 2.24) is 4.98 Å². The lowest BCUT2D eigenvalue weighted by atomic mass is 10.1. The number of nitrogens with one attached hydrogen (secondary N) is 1. The fourth-order valence-electron chi connectivity index (χ4n) is 2.14. The average Bonchev–Trinajstić information content (AvgIpc) is 2.40. The molecule has 0 spiro atoms. The number of anilines is 1. The van der Waals surface area contributed by atoms with Gasteiger partial charge in [0.05, 0.1) is 5.56 Å². The Balaban J connectivity index is 2.18. The predicted molar refractivity (Wildman–Crippen MR) is 83.9 cm³/mol. The number of aromatic nitrogens is 1. The van der Waals surface area contributed by atoms with E-state index in [1.165, 1.54) is 0 Å². The maximum Gasteiger partial charge on any atom is 0.259 e. The normalized spacial score (nSPS) is 10.5. The number of aliphatic hydroxyl groups is 1. The van der Waals surface area contributed by atoms with Crippen LogP contribution in [0.1, 0.15) is 27.2 Å². The molecule has 1 heterocycles. The van der Waals surface area contributed by atoms with E-state index in [-0.39, 0.29) is 17.7 Å². The number of amides is 1. The molecule has 1 amide bonds. The molecule has 0 bridgehead atoms. The van der Waals surface area contributed by atoms with Gasteiger partial charge in [0.2, 0.25) is 0 Å². The van der Waals surface area contributed by atoms with Crippen molar-refractivity contribution in [3.8, 4) is 0 Å². The first-order chi connectivity index (χ1) is 10.0. The zero-order valence-electron chi connectivity index (χ0n) is 12.0. The van der Waals surface area contributed by atoms with E-state index in [9.17, 15) is 4.79 Å². The third-order valence-electron chi connectivity index (χ3n) is 3.14. The Hall–Kier alpha value is -1.91. The molecule has 2 aromatic rings. The van der Waals surface area contributed by atoms with Crippen LogP contribution in [0.4, 0.5) is 5.69 Å². The molecular weight excluding hydrogens is 288 g/mol. The van der Waals surface area contributed by atoms with Gasteiger partial charge in [-0.1, -0.05) is 23.7 Å². The van der Waals surface area contributed by atoms with E-state index in [2.05, 4.69) is 10.3 Å². The van der Waals surface area contributed by atoms with Crippen molar-refractivity contribution in [3.63, 3.8) is 0 Å². The van der Waals surface area contributed by atoms with Crippen LogP contribution in [0.2, 0.25) is 5.15 Å². The number of hydrogen-bond donors (Lipinski definition) is 2. The maximum atomic E-state index is 12.3. The SMILES string of the molecule is Cc1cc(C)c(C(=O)Nc2ccc(CCO)cc2)c(Cl)n1. The fourth-order valence-corrected chi connectivity index (χ4v) is 2.51. The minimum atomic E-state index is -0.278. The Kier molecular flexibility index (Phi) is 4.94. The van der Waals surface area contributed by atoms with Gasteiger partial charge in [-0.25, -0.2) is 4.98 Å². The van der Waals surface area contributed by atoms with Gasteiger partial charge in [0, 0.05) is 18.0 Å². The van der Waals surface area contributed by atoms with Gasteiger partial charge in [-0.05, 0) is 49.6 Å². The zero-order valence-corrected chi connectivity index (χ0v) is 12.7. The second kappa shape index (κ2) is 6.70. The second-order valence-electron chi connectivity index (χ2n) is 4.87. The average molecular weight is 305 g/mol. The van der Waals surface area contributed by atoms with E-state index < -0.39 is 0 Å². The van der Waals surface area contributed by atoms with E-state index in [0.717, 1.165) is 16.8 Å². The number of aliphatic hydroxyl groups excluding tert-OH is 1. The van der Waals surface area contributed by atoms with E-state index in [1.54, 1.807) is 12.1 Å². The lowest BCUT2D eigenvalue weighted by Gasteiger charge is -2.10. The van der Waals surface area contributed by atoms with E-state index in [0.29, 0.717) is 17.7 Å². The number of rotatable bonds is 4. The molecule has 5 heteroatoms. The molecule has 2 rings (SSSR count). The summed E-state index contributed by atoms with van der Waals surface area (Å²) in [5.74, 6) is -0.278. The van der Waals surface area contributed by atoms with Crippen LogP contribution in [0.15, 0.2) is 30.3 Å². The highest BCUT2D eigenvalue weighted by Gasteiger charge is 2.15. The molecule has 0 aliphatic heterocycles. The molecule has 0 saturated carbocycles. The van der Waals surface area contributed by atoms with Crippen LogP contribution >= 0.6 is 11.6 Å². The molecule has 0 aliphatic carbocycles. The van der Waals surface area contributed by atoms with Crippen molar-refractivity contribution in [2.24, 2.45) is 0 Å². The van der Waals surface area contributed by atoms with E-state index in [4.69, 9.17) is 16.7 Å². The van der Waals surface area contributed by atoms with Crippen LogP contribution in [-0.2, 0) is 6.42 Å². The van der Waals surface area contributed by atoms with Crippen molar-refractivity contribution in [2.75, 3.05) is 11.9 Å². The standard InChI is InChI=1S/C16H17ClN2O2/c1-10-9-11(2)18-15(17)14(10)16(21)19-13-5-3-12(4-6-13)7-8-20/h3-6,9,20H,7-8H2,1-2H3,(H,19,21). The van der Waals surface area contributed by atoms with Gasteiger partial charge in [-0.15, -0.1) is 0 Å². The summed E-state index contributed by atoms with van der Waals surface area (Å²) in [6, 6.07) is 9.16. The minimum Gasteiger partial charge on any atom is -0.396 e. The van der Waals surface area contributed by atoms with Crippen LogP contribution in [0.5, 0.6) is 0 Å². The highest BCUT2D eigenvalue weighted by atomic mass is 35.5. The minimum absolute atomic E-state index is 0.107. The summed E-state index contributed by atoms with van der Waals surface area (Å²) in [5, 5.41) is 11.9. The third kappa shape index (κ3) is 3.80. The quantitative estimate of drug-likeness (QED) is 0.853. The topological polar surface area (TPSA) is 62.2 Å². The molecule has 21 heavy (non-hydrogen) atoms. The molecule has 0 unspecified atom stereocenters. The number of hydrogen-bond acceptors (Lipinski definition) is 3. The van der Waals surface area contributed by atoms with E-state index in [1.807, 2.05) is 32.0 Å². The van der Waals surface area contributed by atoms with Gasteiger partial charge in [0.1, 0.15) is 5.15 Å². The number of carbonyl (C=O) groups excluding carboxylic acids is 1. The summed E-state index contributed by atoms with van der Waals surface area (Å²) in [6.45, 7) is 3.77. The van der Waals surface area contributed by atoms with Gasteiger partial charge in [0.15, 0.2) is 0 Å². The number of carbonyl (C=O) groups is 1. The monoisotopic (exact) mass is 304 g/mol. The Morgan fingerprint density at radius 3 is 2.52 bits per heavy atom. The summed E-state index contributed by atoms with van der Waals surface area (Å²) >= 11 is 6.06. The number of pyridine rings is 1. The van der Waals surface area contributed by atoms with Crippen molar-refractivity contribution < 1.29 is 9.90 Å². The van der Waals surface area contributed by atoms with Gasteiger partial charge >= 0.3 is 0 Å². The molecule has 0 atom stereocenters. The third-order valence-corrected chi connectivity index (χ3v) is 3.41. The first-order valence-electron chi connectivity index (χ1n) is 6.66. The lowest BCUT2D eigenvalue weighted by molar-refractivity contribution is 0.102. The number of benzene rings is 1. The maximum absolute atomic E-state index is 12.3. The van der Waals surface area contributed by atoms with Gasteiger partial charge in [-0.3, -0.25) is 4.79 Å². The van der Waals surface area contributed by atoms with E-state index >= 15 is 0 Å². The van der Waals surface area contributed by atoms with Crippen LogP contribution in [-0.4, -0.2) is 22.6 Å². The number of nitrogens with zero attached hydrogens (tertiary/aromatic N) is 1. The molecule has 0 radical (unpaired) electrons. The molecule has 1 aromatic heterocycles. The van der Waals surface area contributed by atoms with Crippen LogP contribution in [0.25, 0.3) is 0 Å².